The standard InChI is InChI=1S/C12H17NO3.C10H8/c1-4-9-5-6-11(15-2)7-10(9)8-13-12(14)16-3;1-2-6-10-8-4-3-7-9(10)5-1/h5-7H,4,8H2,1-3H3,(H,13,14);1-8H. The minimum absolute atomic E-state index is 0.426. The van der Waals surface area contributed by atoms with Gasteiger partial charge < -0.3 is 14.8 Å². The zero-order valence-corrected chi connectivity index (χ0v) is 15.5. The van der Waals surface area contributed by atoms with Crippen LogP contribution in [-0.2, 0) is 17.7 Å². The molecule has 0 spiro atoms. The van der Waals surface area contributed by atoms with E-state index < -0.39 is 6.09 Å². The number of carbonyl (C=O) groups excluding carboxylic acids is 1. The molecule has 0 aliphatic rings. The quantitative estimate of drug-likeness (QED) is 0.723. The van der Waals surface area contributed by atoms with Gasteiger partial charge in [0.2, 0.25) is 0 Å². The maximum Gasteiger partial charge on any atom is 0.407 e. The fraction of sp³-hybridized carbons (Fsp3) is 0.227. The zero-order chi connectivity index (χ0) is 18.8. The van der Waals surface area contributed by atoms with Crippen molar-refractivity contribution in [3.05, 3.63) is 77.9 Å². The van der Waals surface area contributed by atoms with Crippen LogP contribution in [0.25, 0.3) is 10.8 Å². The molecular weight excluding hydrogens is 326 g/mol. The second-order valence-corrected chi connectivity index (χ2v) is 5.68. The molecule has 0 radical (unpaired) electrons. The van der Waals surface area contributed by atoms with Gasteiger partial charge in [0.05, 0.1) is 14.2 Å². The van der Waals surface area contributed by atoms with Gasteiger partial charge in [-0.05, 0) is 40.5 Å². The van der Waals surface area contributed by atoms with E-state index in [1.165, 1.54) is 23.4 Å². The van der Waals surface area contributed by atoms with Crippen LogP contribution in [0.5, 0.6) is 5.75 Å². The van der Waals surface area contributed by atoms with Crippen molar-refractivity contribution in [1.29, 1.82) is 0 Å². The maximum atomic E-state index is 11.0. The average molecular weight is 351 g/mol. The van der Waals surface area contributed by atoms with Crippen molar-refractivity contribution in [2.45, 2.75) is 19.9 Å². The molecule has 0 unspecified atom stereocenters. The third kappa shape index (κ3) is 5.52. The first kappa shape index (κ1) is 19.3. The molecule has 0 heterocycles. The Hall–Kier alpha value is -3.01. The number of aryl methyl sites for hydroxylation is 1. The number of ether oxygens (including phenoxy) is 2. The summed E-state index contributed by atoms with van der Waals surface area (Å²) in [7, 11) is 2.97. The molecule has 3 aromatic carbocycles. The number of nitrogens with one attached hydrogen (secondary N) is 1. The van der Waals surface area contributed by atoms with E-state index in [0.29, 0.717) is 6.54 Å². The predicted octanol–water partition coefficient (Wildman–Crippen LogP) is 4.95. The third-order valence-electron chi connectivity index (χ3n) is 4.06. The summed E-state index contributed by atoms with van der Waals surface area (Å²) in [4.78, 5) is 11.0. The van der Waals surface area contributed by atoms with Crippen molar-refractivity contribution >= 4 is 16.9 Å². The van der Waals surface area contributed by atoms with Crippen molar-refractivity contribution in [3.63, 3.8) is 0 Å². The minimum Gasteiger partial charge on any atom is -0.497 e. The fourth-order valence-corrected chi connectivity index (χ4v) is 2.61. The van der Waals surface area contributed by atoms with Gasteiger partial charge in [0, 0.05) is 6.54 Å². The van der Waals surface area contributed by atoms with Crippen LogP contribution in [0.2, 0.25) is 0 Å². The number of benzene rings is 3. The van der Waals surface area contributed by atoms with Gasteiger partial charge in [-0.1, -0.05) is 61.5 Å². The molecule has 1 amide bonds. The summed E-state index contributed by atoms with van der Waals surface area (Å²) in [5, 5.41) is 5.28. The molecule has 0 aromatic heterocycles. The Bertz CT molecular complexity index is 780. The van der Waals surface area contributed by atoms with Gasteiger partial charge in [-0.25, -0.2) is 4.79 Å². The van der Waals surface area contributed by atoms with E-state index in [2.05, 4.69) is 65.5 Å². The van der Waals surface area contributed by atoms with E-state index in [1.807, 2.05) is 18.2 Å². The van der Waals surface area contributed by atoms with Crippen LogP contribution in [-0.4, -0.2) is 20.3 Å². The fourth-order valence-electron chi connectivity index (χ4n) is 2.61. The third-order valence-corrected chi connectivity index (χ3v) is 4.06. The molecule has 0 saturated carbocycles. The van der Waals surface area contributed by atoms with Crippen LogP contribution < -0.4 is 10.1 Å². The molecule has 3 aromatic rings. The van der Waals surface area contributed by atoms with E-state index in [1.54, 1.807) is 7.11 Å². The number of hydrogen-bond donors (Lipinski definition) is 1. The van der Waals surface area contributed by atoms with Crippen LogP contribution in [0.3, 0.4) is 0 Å². The number of fused-ring (bicyclic) bond motifs is 1. The van der Waals surface area contributed by atoms with Gasteiger partial charge in [-0.15, -0.1) is 0 Å². The van der Waals surface area contributed by atoms with Crippen molar-refractivity contribution < 1.29 is 14.3 Å². The number of hydrogen-bond acceptors (Lipinski definition) is 3. The first-order valence-electron chi connectivity index (χ1n) is 8.59. The molecule has 4 heteroatoms. The molecule has 0 atom stereocenters. The molecule has 3 rings (SSSR count). The Kier molecular flexibility index (Phi) is 7.49. The molecule has 4 nitrogen and oxygen atoms in total. The largest absolute Gasteiger partial charge is 0.497 e. The van der Waals surface area contributed by atoms with Crippen molar-refractivity contribution in [1.82, 2.24) is 5.32 Å². The minimum atomic E-state index is -0.426. The number of rotatable bonds is 4. The second kappa shape index (κ2) is 10.1. The lowest BCUT2D eigenvalue weighted by Crippen LogP contribution is -2.22. The molecule has 26 heavy (non-hydrogen) atoms. The summed E-state index contributed by atoms with van der Waals surface area (Å²) in [5.41, 5.74) is 2.24. The first-order valence-corrected chi connectivity index (χ1v) is 8.59. The normalized spacial score (nSPS) is 9.81. The predicted molar refractivity (Wildman–Crippen MR) is 106 cm³/mol. The Morgan fingerprint density at radius 3 is 1.92 bits per heavy atom. The number of alkyl carbamates (subject to hydrolysis) is 1. The summed E-state index contributed by atoms with van der Waals surface area (Å²) in [6.07, 6.45) is 0.493. The molecular formula is C22H25NO3. The Labute approximate surface area is 154 Å². The van der Waals surface area contributed by atoms with Crippen LogP contribution >= 0.6 is 0 Å². The highest BCUT2D eigenvalue weighted by Crippen LogP contribution is 2.18. The molecule has 0 saturated heterocycles. The molecule has 136 valence electrons. The molecule has 0 bridgehead atoms. The van der Waals surface area contributed by atoms with E-state index in [-0.39, 0.29) is 0 Å². The van der Waals surface area contributed by atoms with Crippen LogP contribution in [0.15, 0.2) is 66.7 Å². The van der Waals surface area contributed by atoms with Crippen molar-refractivity contribution in [2.75, 3.05) is 14.2 Å². The monoisotopic (exact) mass is 351 g/mol. The van der Waals surface area contributed by atoms with Crippen molar-refractivity contribution in [2.24, 2.45) is 0 Å². The molecule has 0 aliphatic heterocycles. The van der Waals surface area contributed by atoms with Crippen molar-refractivity contribution in [3.8, 4) is 5.75 Å². The summed E-state index contributed by atoms with van der Waals surface area (Å²) >= 11 is 0. The zero-order valence-electron chi connectivity index (χ0n) is 15.5. The van der Waals surface area contributed by atoms with Gasteiger partial charge in [0.1, 0.15) is 5.75 Å². The van der Waals surface area contributed by atoms with Crippen LogP contribution in [0.4, 0.5) is 4.79 Å². The van der Waals surface area contributed by atoms with Gasteiger partial charge in [0.15, 0.2) is 0 Å². The smallest absolute Gasteiger partial charge is 0.407 e. The van der Waals surface area contributed by atoms with Gasteiger partial charge in [0.25, 0.3) is 0 Å². The summed E-state index contributed by atoms with van der Waals surface area (Å²) in [5.74, 6) is 0.791. The SMILES string of the molecule is CCc1ccc(OC)cc1CNC(=O)OC.c1ccc2ccccc2c1. The number of amides is 1. The Morgan fingerprint density at radius 1 is 0.885 bits per heavy atom. The molecule has 0 aliphatic carbocycles. The summed E-state index contributed by atoms with van der Waals surface area (Å²) < 4.78 is 9.66. The second-order valence-electron chi connectivity index (χ2n) is 5.68. The number of carbonyl (C=O) groups is 1. The highest BCUT2D eigenvalue weighted by molar-refractivity contribution is 5.82. The van der Waals surface area contributed by atoms with Crippen LogP contribution in [0, 0.1) is 0 Å². The van der Waals surface area contributed by atoms with E-state index in [9.17, 15) is 4.79 Å². The molecule has 0 fully saturated rings. The van der Waals surface area contributed by atoms with Crippen LogP contribution in [0.1, 0.15) is 18.1 Å². The maximum absolute atomic E-state index is 11.0. The van der Waals surface area contributed by atoms with E-state index in [4.69, 9.17) is 4.74 Å². The lowest BCUT2D eigenvalue weighted by atomic mass is 10.0. The van der Waals surface area contributed by atoms with Gasteiger partial charge in [-0.3, -0.25) is 0 Å². The Balaban J connectivity index is 0.000000206. The van der Waals surface area contributed by atoms with Gasteiger partial charge >= 0.3 is 6.09 Å². The lowest BCUT2D eigenvalue weighted by Gasteiger charge is -2.10. The molecule has 1 N–H and O–H groups in total. The van der Waals surface area contributed by atoms with E-state index in [0.717, 1.165) is 17.7 Å². The average Bonchev–Trinajstić information content (AvgIpc) is 2.72. The van der Waals surface area contributed by atoms with Gasteiger partial charge in [-0.2, -0.15) is 0 Å². The topological polar surface area (TPSA) is 47.6 Å². The summed E-state index contributed by atoms with van der Waals surface area (Å²) in [6.45, 7) is 2.52. The first-order chi connectivity index (χ1) is 12.7. The Morgan fingerprint density at radius 2 is 1.46 bits per heavy atom. The highest BCUT2D eigenvalue weighted by Gasteiger charge is 2.05. The van der Waals surface area contributed by atoms with E-state index >= 15 is 0 Å². The highest BCUT2D eigenvalue weighted by atomic mass is 16.5. The summed E-state index contributed by atoms with van der Waals surface area (Å²) in [6, 6.07) is 22.6. The lowest BCUT2D eigenvalue weighted by molar-refractivity contribution is 0.170. The number of methoxy groups -OCH3 is 2.